The van der Waals surface area contributed by atoms with Crippen LogP contribution in [-0.2, 0) is 0 Å². The summed E-state index contributed by atoms with van der Waals surface area (Å²) in [6, 6.07) is 15.1. The molecule has 2 rings (SSSR count). The Balaban J connectivity index is 2.00. The molecule has 1 atom stereocenters. The van der Waals surface area contributed by atoms with Gasteiger partial charge in [0.15, 0.2) is 0 Å². The minimum Gasteiger partial charge on any atom is -0.318 e. The Morgan fingerprint density at radius 2 is 1.75 bits per heavy atom. The minimum absolute atomic E-state index is 0.379. The molecule has 0 bridgehead atoms. The van der Waals surface area contributed by atoms with E-state index < -0.39 is 12.1 Å². The molecular formula is C15H12FN3O. The van der Waals surface area contributed by atoms with Crippen LogP contribution < -0.4 is 10.6 Å². The number of amides is 2. The lowest BCUT2D eigenvalue weighted by Gasteiger charge is -2.12. The van der Waals surface area contributed by atoms with Crippen molar-refractivity contribution in [2.75, 3.05) is 5.32 Å². The lowest BCUT2D eigenvalue weighted by molar-refractivity contribution is 0.250. The van der Waals surface area contributed by atoms with Gasteiger partial charge in [0.1, 0.15) is 11.9 Å². The number of nitrogens with zero attached hydrogens (tertiary/aromatic N) is 1. The fourth-order valence-corrected chi connectivity index (χ4v) is 1.67. The second-order valence-electron chi connectivity index (χ2n) is 4.08. The molecule has 2 N–H and O–H groups in total. The van der Waals surface area contributed by atoms with Crippen molar-refractivity contribution in [3.05, 3.63) is 66.0 Å². The lowest BCUT2D eigenvalue weighted by Crippen LogP contribution is -2.31. The minimum atomic E-state index is -0.739. The van der Waals surface area contributed by atoms with Crippen LogP contribution in [0.4, 0.5) is 14.9 Å². The Labute approximate surface area is 115 Å². The maximum Gasteiger partial charge on any atom is 0.320 e. The average Bonchev–Trinajstić information content (AvgIpc) is 2.48. The van der Waals surface area contributed by atoms with Crippen molar-refractivity contribution in [3.63, 3.8) is 0 Å². The normalized spacial score (nSPS) is 11.2. The second-order valence-corrected chi connectivity index (χ2v) is 4.08. The molecule has 0 saturated carbocycles. The average molecular weight is 269 g/mol. The monoisotopic (exact) mass is 269 g/mol. The van der Waals surface area contributed by atoms with Gasteiger partial charge in [0.25, 0.3) is 0 Å². The third kappa shape index (κ3) is 3.56. The molecule has 0 saturated heterocycles. The summed E-state index contributed by atoms with van der Waals surface area (Å²) in [7, 11) is 0. The van der Waals surface area contributed by atoms with Gasteiger partial charge in [-0.25, -0.2) is 9.18 Å². The maximum absolute atomic E-state index is 12.7. The molecule has 0 radical (unpaired) electrons. The summed E-state index contributed by atoms with van der Waals surface area (Å²) >= 11 is 0. The van der Waals surface area contributed by atoms with E-state index in [1.54, 1.807) is 24.3 Å². The molecule has 0 aliphatic rings. The summed E-state index contributed by atoms with van der Waals surface area (Å²) in [4.78, 5) is 11.8. The molecule has 0 aliphatic carbocycles. The van der Waals surface area contributed by atoms with E-state index in [0.717, 1.165) is 0 Å². The third-order valence-electron chi connectivity index (χ3n) is 2.64. The highest BCUT2D eigenvalue weighted by Gasteiger charge is 2.13. The molecule has 2 aromatic carbocycles. The van der Waals surface area contributed by atoms with Gasteiger partial charge < -0.3 is 10.6 Å². The van der Waals surface area contributed by atoms with E-state index in [9.17, 15) is 9.18 Å². The summed E-state index contributed by atoms with van der Waals surface area (Å²) in [5, 5.41) is 14.2. The standard InChI is InChI=1S/C15H12FN3O/c16-12-6-8-13(9-7-12)18-15(20)19-14(10-17)11-4-2-1-3-5-11/h1-9,14H,(H2,18,19,20). The number of hydrogen-bond acceptors (Lipinski definition) is 2. The predicted molar refractivity (Wildman–Crippen MR) is 73.4 cm³/mol. The maximum atomic E-state index is 12.7. The Morgan fingerprint density at radius 3 is 2.35 bits per heavy atom. The summed E-state index contributed by atoms with van der Waals surface area (Å²) in [6.45, 7) is 0. The summed E-state index contributed by atoms with van der Waals surface area (Å²) in [6.07, 6.45) is 0. The largest absolute Gasteiger partial charge is 0.320 e. The first kappa shape index (κ1) is 13.6. The van der Waals surface area contributed by atoms with Crippen LogP contribution in [0.1, 0.15) is 11.6 Å². The first-order valence-electron chi connectivity index (χ1n) is 5.96. The number of carbonyl (C=O) groups is 1. The zero-order chi connectivity index (χ0) is 14.4. The van der Waals surface area contributed by atoms with Crippen molar-refractivity contribution in [3.8, 4) is 6.07 Å². The van der Waals surface area contributed by atoms with Crippen LogP contribution in [-0.4, -0.2) is 6.03 Å². The van der Waals surface area contributed by atoms with Gasteiger partial charge in [0.05, 0.1) is 6.07 Å². The topological polar surface area (TPSA) is 64.9 Å². The lowest BCUT2D eigenvalue weighted by atomic mass is 10.1. The molecule has 100 valence electrons. The van der Waals surface area contributed by atoms with Gasteiger partial charge in [-0.3, -0.25) is 0 Å². The van der Waals surface area contributed by atoms with E-state index in [1.165, 1.54) is 24.3 Å². The van der Waals surface area contributed by atoms with Crippen molar-refractivity contribution in [1.29, 1.82) is 5.26 Å². The number of anilines is 1. The van der Waals surface area contributed by atoms with Gasteiger partial charge in [-0.1, -0.05) is 30.3 Å². The first-order valence-corrected chi connectivity index (χ1v) is 5.96. The third-order valence-corrected chi connectivity index (χ3v) is 2.64. The van der Waals surface area contributed by atoms with Crippen molar-refractivity contribution in [2.45, 2.75) is 6.04 Å². The highest BCUT2D eigenvalue weighted by molar-refractivity contribution is 5.89. The quantitative estimate of drug-likeness (QED) is 0.898. The second kappa shape index (κ2) is 6.34. The zero-order valence-electron chi connectivity index (χ0n) is 10.5. The van der Waals surface area contributed by atoms with E-state index in [-0.39, 0.29) is 5.82 Å². The van der Waals surface area contributed by atoms with Crippen LogP contribution in [0.15, 0.2) is 54.6 Å². The van der Waals surface area contributed by atoms with Crippen molar-refractivity contribution >= 4 is 11.7 Å². The van der Waals surface area contributed by atoms with Crippen LogP contribution in [0.25, 0.3) is 0 Å². The Morgan fingerprint density at radius 1 is 1.10 bits per heavy atom. The molecule has 0 spiro atoms. The van der Waals surface area contributed by atoms with Crippen LogP contribution in [0.3, 0.4) is 0 Å². The highest BCUT2D eigenvalue weighted by Crippen LogP contribution is 2.12. The van der Waals surface area contributed by atoms with Gasteiger partial charge in [-0.05, 0) is 29.8 Å². The molecule has 0 fully saturated rings. The molecule has 5 heteroatoms. The van der Waals surface area contributed by atoms with E-state index in [0.29, 0.717) is 11.3 Å². The predicted octanol–water partition coefficient (Wildman–Crippen LogP) is 3.21. The smallest absolute Gasteiger partial charge is 0.318 e. The number of rotatable bonds is 3. The molecule has 2 aromatic rings. The molecular weight excluding hydrogens is 257 g/mol. The van der Waals surface area contributed by atoms with Crippen molar-refractivity contribution in [1.82, 2.24) is 5.32 Å². The van der Waals surface area contributed by atoms with Gasteiger partial charge in [0, 0.05) is 5.69 Å². The van der Waals surface area contributed by atoms with E-state index in [4.69, 9.17) is 5.26 Å². The van der Waals surface area contributed by atoms with Crippen LogP contribution in [0.2, 0.25) is 0 Å². The molecule has 0 aromatic heterocycles. The van der Waals surface area contributed by atoms with E-state index in [2.05, 4.69) is 10.6 Å². The summed E-state index contributed by atoms with van der Waals surface area (Å²) in [5.41, 5.74) is 1.15. The fourth-order valence-electron chi connectivity index (χ4n) is 1.67. The number of nitrogens with one attached hydrogen (secondary N) is 2. The molecule has 4 nitrogen and oxygen atoms in total. The van der Waals surface area contributed by atoms with Crippen LogP contribution >= 0.6 is 0 Å². The Kier molecular flexibility index (Phi) is 4.30. The number of nitriles is 1. The number of halogens is 1. The number of carbonyl (C=O) groups excluding carboxylic acids is 1. The Bertz CT molecular complexity index is 620. The molecule has 0 aliphatic heterocycles. The fraction of sp³-hybridized carbons (Fsp3) is 0.0667. The Hall–Kier alpha value is -2.87. The molecule has 1 unspecified atom stereocenters. The van der Waals surface area contributed by atoms with Crippen molar-refractivity contribution in [2.24, 2.45) is 0 Å². The van der Waals surface area contributed by atoms with Gasteiger partial charge in [-0.15, -0.1) is 0 Å². The van der Waals surface area contributed by atoms with Crippen LogP contribution in [0.5, 0.6) is 0 Å². The first-order chi connectivity index (χ1) is 9.69. The molecule has 0 heterocycles. The number of benzene rings is 2. The SMILES string of the molecule is N#CC(NC(=O)Nc1ccc(F)cc1)c1ccccc1. The van der Waals surface area contributed by atoms with Gasteiger partial charge >= 0.3 is 6.03 Å². The van der Waals surface area contributed by atoms with Gasteiger partial charge in [-0.2, -0.15) is 5.26 Å². The highest BCUT2D eigenvalue weighted by atomic mass is 19.1. The van der Waals surface area contributed by atoms with E-state index >= 15 is 0 Å². The number of hydrogen-bond donors (Lipinski definition) is 2. The number of urea groups is 1. The van der Waals surface area contributed by atoms with Crippen molar-refractivity contribution < 1.29 is 9.18 Å². The van der Waals surface area contributed by atoms with Gasteiger partial charge in [0.2, 0.25) is 0 Å². The zero-order valence-corrected chi connectivity index (χ0v) is 10.5. The molecule has 20 heavy (non-hydrogen) atoms. The van der Waals surface area contributed by atoms with E-state index in [1.807, 2.05) is 12.1 Å². The summed E-state index contributed by atoms with van der Waals surface area (Å²) < 4.78 is 12.7. The van der Waals surface area contributed by atoms with Crippen LogP contribution in [0, 0.1) is 17.1 Å². The summed E-state index contributed by atoms with van der Waals surface area (Å²) in [5.74, 6) is -0.379. The molecule has 2 amide bonds.